The number of benzene rings is 1. The summed E-state index contributed by atoms with van der Waals surface area (Å²) < 4.78 is 4.63. The summed E-state index contributed by atoms with van der Waals surface area (Å²) in [4.78, 5) is 26.2. The number of fused-ring (bicyclic) bond motifs is 1. The number of hydrogen-bond acceptors (Lipinski definition) is 3. The normalized spacial score (nSPS) is 10.6. The van der Waals surface area contributed by atoms with Crippen molar-refractivity contribution >= 4 is 16.9 Å². The summed E-state index contributed by atoms with van der Waals surface area (Å²) in [5, 5.41) is 0.868. The molecule has 1 aromatic heterocycles. The molecule has 4 heteroatoms. The monoisotopic (exact) mass is 245 g/mol. The lowest BCUT2D eigenvalue weighted by Gasteiger charge is -2.08. The van der Waals surface area contributed by atoms with Gasteiger partial charge in [-0.3, -0.25) is 4.79 Å². The molecule has 0 aliphatic carbocycles. The van der Waals surface area contributed by atoms with Crippen LogP contribution in [0.5, 0.6) is 0 Å². The third kappa shape index (κ3) is 1.90. The summed E-state index contributed by atoms with van der Waals surface area (Å²) >= 11 is 0. The van der Waals surface area contributed by atoms with Gasteiger partial charge in [-0.25, -0.2) is 4.79 Å². The molecule has 0 bridgehead atoms. The number of aromatic amines is 1. The van der Waals surface area contributed by atoms with Crippen molar-refractivity contribution in [3.8, 4) is 0 Å². The van der Waals surface area contributed by atoms with Crippen molar-refractivity contribution in [1.82, 2.24) is 4.98 Å². The van der Waals surface area contributed by atoms with Crippen molar-refractivity contribution in [2.75, 3.05) is 7.11 Å². The third-order valence-corrected chi connectivity index (χ3v) is 3.14. The van der Waals surface area contributed by atoms with Gasteiger partial charge in [0.2, 0.25) is 0 Å². The molecule has 0 aliphatic heterocycles. The van der Waals surface area contributed by atoms with Gasteiger partial charge in [-0.15, -0.1) is 0 Å². The van der Waals surface area contributed by atoms with Crippen LogP contribution in [0.1, 0.15) is 28.4 Å². The number of esters is 1. The van der Waals surface area contributed by atoms with Gasteiger partial charge in [-0.05, 0) is 30.5 Å². The molecule has 1 heterocycles. The van der Waals surface area contributed by atoms with Crippen LogP contribution in [-0.2, 0) is 11.2 Å². The van der Waals surface area contributed by atoms with Crippen molar-refractivity contribution in [3.63, 3.8) is 0 Å². The summed E-state index contributed by atoms with van der Waals surface area (Å²) in [5.74, 6) is -0.602. The van der Waals surface area contributed by atoms with Gasteiger partial charge in [-0.1, -0.05) is 19.1 Å². The van der Waals surface area contributed by atoms with E-state index >= 15 is 0 Å². The van der Waals surface area contributed by atoms with Crippen LogP contribution in [0.25, 0.3) is 10.9 Å². The molecule has 0 unspecified atom stereocenters. The molecule has 0 radical (unpaired) electrons. The Morgan fingerprint density at radius 3 is 2.72 bits per heavy atom. The number of ether oxygens (including phenoxy) is 1. The Labute approximate surface area is 105 Å². The lowest BCUT2D eigenvalue weighted by atomic mass is 10.0. The number of pyridine rings is 1. The van der Waals surface area contributed by atoms with Crippen LogP contribution in [-0.4, -0.2) is 18.1 Å². The highest BCUT2D eigenvalue weighted by Crippen LogP contribution is 2.19. The van der Waals surface area contributed by atoms with Crippen LogP contribution in [0.3, 0.4) is 0 Å². The maximum atomic E-state index is 11.9. The Morgan fingerprint density at radius 2 is 2.11 bits per heavy atom. The van der Waals surface area contributed by atoms with Gasteiger partial charge < -0.3 is 9.72 Å². The number of methoxy groups -OCH3 is 1. The minimum absolute atomic E-state index is 0.0780. The second-order valence-electron chi connectivity index (χ2n) is 4.18. The first kappa shape index (κ1) is 12.4. The summed E-state index contributed by atoms with van der Waals surface area (Å²) in [6.07, 6.45) is 0.899. The van der Waals surface area contributed by atoms with E-state index in [2.05, 4.69) is 16.6 Å². The van der Waals surface area contributed by atoms with Crippen molar-refractivity contribution in [2.45, 2.75) is 20.3 Å². The first-order valence-corrected chi connectivity index (χ1v) is 5.82. The molecule has 18 heavy (non-hydrogen) atoms. The standard InChI is InChI=1S/C14H15NO3/c1-4-9-5-6-10-8(2)12(14(17)18-3)13(16)15-11(10)7-9/h5-7H,4H2,1-3H3,(H,15,16). The van der Waals surface area contributed by atoms with Crippen LogP contribution >= 0.6 is 0 Å². The van der Waals surface area contributed by atoms with Crippen LogP contribution in [0.15, 0.2) is 23.0 Å². The zero-order valence-electron chi connectivity index (χ0n) is 10.7. The van der Waals surface area contributed by atoms with E-state index in [0.717, 1.165) is 22.9 Å². The van der Waals surface area contributed by atoms with Crippen molar-refractivity contribution < 1.29 is 9.53 Å². The van der Waals surface area contributed by atoms with Crippen LogP contribution in [0.2, 0.25) is 0 Å². The largest absolute Gasteiger partial charge is 0.465 e. The smallest absolute Gasteiger partial charge is 0.343 e. The van der Waals surface area contributed by atoms with Crippen molar-refractivity contribution in [2.24, 2.45) is 0 Å². The first-order chi connectivity index (χ1) is 8.58. The Morgan fingerprint density at radius 1 is 1.39 bits per heavy atom. The minimum Gasteiger partial charge on any atom is -0.465 e. The molecule has 4 nitrogen and oxygen atoms in total. The summed E-state index contributed by atoms with van der Waals surface area (Å²) in [6.45, 7) is 3.81. The topological polar surface area (TPSA) is 59.2 Å². The maximum absolute atomic E-state index is 11.9. The fourth-order valence-corrected chi connectivity index (χ4v) is 2.08. The minimum atomic E-state index is -0.602. The van der Waals surface area contributed by atoms with Gasteiger partial charge in [0.25, 0.3) is 5.56 Å². The average molecular weight is 245 g/mol. The second-order valence-corrected chi connectivity index (χ2v) is 4.18. The zero-order chi connectivity index (χ0) is 13.3. The van der Waals surface area contributed by atoms with Gasteiger partial charge >= 0.3 is 5.97 Å². The summed E-state index contributed by atoms with van der Waals surface area (Å²) in [5.41, 5.74) is 2.23. The Balaban J connectivity index is 2.79. The fraction of sp³-hybridized carbons (Fsp3) is 0.286. The fourth-order valence-electron chi connectivity index (χ4n) is 2.08. The molecule has 2 aromatic rings. The Hall–Kier alpha value is -2.10. The molecule has 0 saturated heterocycles. The first-order valence-electron chi connectivity index (χ1n) is 5.82. The molecule has 94 valence electrons. The number of H-pyrrole nitrogens is 1. The van der Waals surface area contributed by atoms with Crippen LogP contribution < -0.4 is 5.56 Å². The second kappa shape index (κ2) is 4.64. The molecular weight excluding hydrogens is 230 g/mol. The van der Waals surface area contributed by atoms with Gasteiger partial charge in [0.1, 0.15) is 5.56 Å². The molecule has 0 amide bonds. The number of hydrogen-bond donors (Lipinski definition) is 1. The highest BCUT2D eigenvalue weighted by molar-refractivity contribution is 5.96. The molecule has 1 N–H and O–H groups in total. The molecule has 0 fully saturated rings. The molecule has 0 aliphatic rings. The van der Waals surface area contributed by atoms with Gasteiger partial charge in [0.05, 0.1) is 7.11 Å². The highest BCUT2D eigenvalue weighted by atomic mass is 16.5. The predicted molar refractivity (Wildman–Crippen MR) is 70.0 cm³/mol. The van der Waals surface area contributed by atoms with E-state index in [9.17, 15) is 9.59 Å². The van der Waals surface area contributed by atoms with E-state index in [4.69, 9.17) is 0 Å². The summed E-state index contributed by atoms with van der Waals surface area (Å²) in [7, 11) is 1.27. The summed E-state index contributed by atoms with van der Waals surface area (Å²) in [6, 6.07) is 5.85. The van der Waals surface area contributed by atoms with Crippen LogP contribution in [0.4, 0.5) is 0 Å². The predicted octanol–water partition coefficient (Wildman–Crippen LogP) is 2.19. The SMILES string of the molecule is CCc1ccc2c(C)c(C(=O)OC)c(=O)[nH]c2c1. The van der Waals surface area contributed by atoms with E-state index < -0.39 is 11.5 Å². The molecular formula is C14H15NO3. The molecule has 0 saturated carbocycles. The Bertz CT molecular complexity index is 671. The molecule has 0 atom stereocenters. The molecule has 2 rings (SSSR count). The number of rotatable bonds is 2. The van der Waals surface area contributed by atoms with E-state index in [0.29, 0.717) is 5.56 Å². The Kier molecular flexibility index (Phi) is 3.19. The lowest BCUT2D eigenvalue weighted by molar-refractivity contribution is 0.0598. The number of aryl methyl sites for hydroxylation is 2. The van der Waals surface area contributed by atoms with Crippen LogP contribution in [0, 0.1) is 6.92 Å². The molecule has 1 aromatic carbocycles. The van der Waals surface area contributed by atoms with E-state index in [1.54, 1.807) is 6.92 Å². The van der Waals surface area contributed by atoms with E-state index in [1.165, 1.54) is 7.11 Å². The number of aromatic nitrogens is 1. The number of nitrogens with one attached hydrogen (secondary N) is 1. The maximum Gasteiger partial charge on any atom is 0.343 e. The van der Waals surface area contributed by atoms with Gasteiger partial charge in [0, 0.05) is 10.9 Å². The molecule has 0 spiro atoms. The van der Waals surface area contributed by atoms with Gasteiger partial charge in [-0.2, -0.15) is 0 Å². The third-order valence-electron chi connectivity index (χ3n) is 3.14. The van der Waals surface area contributed by atoms with Crippen molar-refractivity contribution in [3.05, 3.63) is 45.2 Å². The average Bonchev–Trinajstić information content (AvgIpc) is 2.37. The van der Waals surface area contributed by atoms with Crippen molar-refractivity contribution in [1.29, 1.82) is 0 Å². The zero-order valence-corrected chi connectivity index (χ0v) is 10.7. The van der Waals surface area contributed by atoms with Gasteiger partial charge in [0.15, 0.2) is 0 Å². The number of carbonyl (C=O) groups excluding carboxylic acids is 1. The van der Waals surface area contributed by atoms with E-state index in [1.807, 2.05) is 18.2 Å². The highest BCUT2D eigenvalue weighted by Gasteiger charge is 2.16. The lowest BCUT2D eigenvalue weighted by Crippen LogP contribution is -2.21. The number of carbonyl (C=O) groups is 1. The quantitative estimate of drug-likeness (QED) is 0.825. The van der Waals surface area contributed by atoms with E-state index in [-0.39, 0.29) is 5.56 Å².